The quantitative estimate of drug-likeness (QED) is 0.880. The number of benzene rings is 1. The van der Waals surface area contributed by atoms with Gasteiger partial charge in [-0.25, -0.2) is 9.37 Å². The van der Waals surface area contributed by atoms with Gasteiger partial charge in [-0.2, -0.15) is 0 Å². The number of hydrogen-bond donors (Lipinski definition) is 1. The molecule has 0 spiro atoms. The Morgan fingerprint density at radius 3 is 2.65 bits per heavy atom. The molecule has 0 saturated heterocycles. The lowest BCUT2D eigenvalue weighted by molar-refractivity contribution is -0.137. The number of aromatic nitrogens is 1. The summed E-state index contributed by atoms with van der Waals surface area (Å²) in [5.41, 5.74) is 0.324. The van der Waals surface area contributed by atoms with Gasteiger partial charge in [0.1, 0.15) is 22.2 Å². The maximum atomic E-state index is 13.8. The molecular formula is C16H17FN2O3S. The van der Waals surface area contributed by atoms with Gasteiger partial charge in [-0.15, -0.1) is 11.3 Å². The minimum absolute atomic E-state index is 0.136. The molecule has 1 N–H and O–H groups in total. The minimum atomic E-state index is -1.07. The van der Waals surface area contributed by atoms with E-state index in [1.54, 1.807) is 18.2 Å². The van der Waals surface area contributed by atoms with Gasteiger partial charge in [-0.3, -0.25) is 9.59 Å². The van der Waals surface area contributed by atoms with E-state index in [0.717, 1.165) is 11.3 Å². The Morgan fingerprint density at radius 2 is 2.04 bits per heavy atom. The summed E-state index contributed by atoms with van der Waals surface area (Å²) in [6, 6.07) is 6.19. The predicted molar refractivity (Wildman–Crippen MR) is 85.9 cm³/mol. The van der Waals surface area contributed by atoms with Crippen LogP contribution in [-0.4, -0.2) is 40.0 Å². The van der Waals surface area contributed by atoms with E-state index in [-0.39, 0.29) is 12.5 Å². The van der Waals surface area contributed by atoms with Crippen molar-refractivity contribution in [3.63, 3.8) is 0 Å². The van der Waals surface area contributed by atoms with Crippen molar-refractivity contribution in [1.82, 2.24) is 9.88 Å². The van der Waals surface area contributed by atoms with Crippen LogP contribution in [0.3, 0.4) is 0 Å². The van der Waals surface area contributed by atoms with Crippen molar-refractivity contribution >= 4 is 23.2 Å². The first-order valence-electron chi connectivity index (χ1n) is 7.10. The second-order valence-electron chi connectivity index (χ2n) is 5.48. The largest absolute Gasteiger partial charge is 0.480 e. The van der Waals surface area contributed by atoms with E-state index in [9.17, 15) is 14.0 Å². The number of amides is 1. The molecule has 0 bridgehead atoms. The number of carbonyl (C=O) groups is 2. The fourth-order valence-electron chi connectivity index (χ4n) is 2.11. The molecule has 1 heterocycles. The first-order chi connectivity index (χ1) is 10.9. The summed E-state index contributed by atoms with van der Waals surface area (Å²) >= 11 is 1.06. The van der Waals surface area contributed by atoms with E-state index in [2.05, 4.69) is 4.98 Å². The molecule has 1 amide bonds. The molecule has 0 aliphatic heterocycles. The van der Waals surface area contributed by atoms with Crippen molar-refractivity contribution in [2.24, 2.45) is 5.92 Å². The van der Waals surface area contributed by atoms with Gasteiger partial charge >= 0.3 is 5.97 Å². The van der Waals surface area contributed by atoms with Gasteiger partial charge in [-0.05, 0) is 18.1 Å². The smallest absolute Gasteiger partial charge is 0.323 e. The third-order valence-corrected chi connectivity index (χ3v) is 4.04. The van der Waals surface area contributed by atoms with E-state index in [4.69, 9.17) is 5.11 Å². The summed E-state index contributed by atoms with van der Waals surface area (Å²) in [4.78, 5) is 29.1. The lowest BCUT2D eigenvalue weighted by Crippen LogP contribution is -2.37. The van der Waals surface area contributed by atoms with Crippen molar-refractivity contribution < 1.29 is 19.1 Å². The van der Waals surface area contributed by atoms with E-state index in [1.165, 1.54) is 17.2 Å². The molecule has 0 radical (unpaired) electrons. The monoisotopic (exact) mass is 336 g/mol. The number of thiazole rings is 1. The van der Waals surface area contributed by atoms with Crippen molar-refractivity contribution in [1.29, 1.82) is 0 Å². The molecule has 1 aromatic carbocycles. The van der Waals surface area contributed by atoms with Gasteiger partial charge in [0.25, 0.3) is 5.91 Å². The Hall–Kier alpha value is -2.28. The molecule has 2 rings (SSSR count). The number of carboxylic acids is 1. The first kappa shape index (κ1) is 17.1. The normalized spacial score (nSPS) is 10.8. The zero-order chi connectivity index (χ0) is 17.0. The van der Waals surface area contributed by atoms with Crippen LogP contribution in [0.1, 0.15) is 23.5 Å². The number of rotatable bonds is 6. The summed E-state index contributed by atoms with van der Waals surface area (Å²) < 4.78 is 13.8. The minimum Gasteiger partial charge on any atom is -0.480 e. The molecule has 0 unspecified atom stereocenters. The third kappa shape index (κ3) is 4.35. The fraction of sp³-hybridized carbons (Fsp3) is 0.312. The van der Waals surface area contributed by atoms with Gasteiger partial charge < -0.3 is 10.0 Å². The second kappa shape index (κ2) is 7.32. The highest BCUT2D eigenvalue weighted by molar-refractivity contribution is 7.16. The Labute approximate surface area is 137 Å². The maximum absolute atomic E-state index is 13.8. The van der Waals surface area contributed by atoms with Gasteiger partial charge in [0.05, 0.1) is 6.20 Å². The Morgan fingerprint density at radius 1 is 1.35 bits per heavy atom. The standard InChI is InChI=1S/C16H17FN2O3S/c1-10(2)8-19(9-14(20)21)16(22)13-7-18-15(23-13)11-5-3-4-6-12(11)17/h3-7,10H,8-9H2,1-2H3,(H,20,21). The first-order valence-corrected chi connectivity index (χ1v) is 7.92. The summed E-state index contributed by atoms with van der Waals surface area (Å²) in [7, 11) is 0. The summed E-state index contributed by atoms with van der Waals surface area (Å²) in [6.45, 7) is 3.77. The summed E-state index contributed by atoms with van der Waals surface area (Å²) in [5.74, 6) is -1.75. The van der Waals surface area contributed by atoms with E-state index in [1.807, 2.05) is 13.8 Å². The molecule has 2 aromatic rings. The van der Waals surface area contributed by atoms with Crippen LogP contribution in [0, 0.1) is 11.7 Å². The molecule has 0 saturated carbocycles. The lowest BCUT2D eigenvalue weighted by Gasteiger charge is -2.21. The highest BCUT2D eigenvalue weighted by Gasteiger charge is 2.22. The molecule has 0 fully saturated rings. The zero-order valence-corrected chi connectivity index (χ0v) is 13.6. The van der Waals surface area contributed by atoms with Crippen LogP contribution in [0.15, 0.2) is 30.5 Å². The van der Waals surface area contributed by atoms with Crippen molar-refractivity contribution in [3.8, 4) is 10.6 Å². The number of nitrogens with zero attached hydrogens (tertiary/aromatic N) is 2. The number of halogens is 1. The van der Waals surface area contributed by atoms with Gasteiger partial charge in [0, 0.05) is 12.1 Å². The van der Waals surface area contributed by atoms with Crippen LogP contribution in [0.2, 0.25) is 0 Å². The highest BCUT2D eigenvalue weighted by atomic mass is 32.1. The van der Waals surface area contributed by atoms with Crippen LogP contribution in [0.25, 0.3) is 10.6 Å². The molecule has 0 aliphatic carbocycles. The summed E-state index contributed by atoms with van der Waals surface area (Å²) in [6.07, 6.45) is 1.37. The topological polar surface area (TPSA) is 70.5 Å². The molecule has 0 atom stereocenters. The average molecular weight is 336 g/mol. The van der Waals surface area contributed by atoms with Crippen LogP contribution in [-0.2, 0) is 4.79 Å². The average Bonchev–Trinajstić information content (AvgIpc) is 2.95. The van der Waals surface area contributed by atoms with Crippen LogP contribution in [0.4, 0.5) is 4.39 Å². The maximum Gasteiger partial charge on any atom is 0.323 e. The number of carbonyl (C=O) groups excluding carboxylic acids is 1. The highest BCUT2D eigenvalue weighted by Crippen LogP contribution is 2.28. The van der Waals surface area contributed by atoms with Crippen LogP contribution in [0.5, 0.6) is 0 Å². The second-order valence-corrected chi connectivity index (χ2v) is 6.51. The van der Waals surface area contributed by atoms with Crippen molar-refractivity contribution in [2.45, 2.75) is 13.8 Å². The Bertz CT molecular complexity index is 715. The number of aliphatic carboxylic acids is 1. The van der Waals surface area contributed by atoms with E-state index in [0.29, 0.717) is 22.0 Å². The molecule has 23 heavy (non-hydrogen) atoms. The van der Waals surface area contributed by atoms with Crippen LogP contribution >= 0.6 is 11.3 Å². The third-order valence-electron chi connectivity index (χ3n) is 3.02. The fourth-order valence-corrected chi connectivity index (χ4v) is 3.02. The number of carboxylic acid groups (broad SMARTS) is 1. The van der Waals surface area contributed by atoms with E-state index < -0.39 is 17.7 Å². The van der Waals surface area contributed by atoms with Crippen molar-refractivity contribution in [3.05, 3.63) is 41.2 Å². The molecule has 1 aromatic heterocycles. The summed E-state index contributed by atoms with van der Waals surface area (Å²) in [5, 5.41) is 9.35. The van der Waals surface area contributed by atoms with Gasteiger partial charge in [-0.1, -0.05) is 26.0 Å². The lowest BCUT2D eigenvalue weighted by atomic mass is 10.2. The number of hydrogen-bond acceptors (Lipinski definition) is 4. The molecular weight excluding hydrogens is 319 g/mol. The van der Waals surface area contributed by atoms with E-state index >= 15 is 0 Å². The van der Waals surface area contributed by atoms with Crippen LogP contribution < -0.4 is 0 Å². The van der Waals surface area contributed by atoms with Crippen molar-refractivity contribution in [2.75, 3.05) is 13.1 Å². The molecule has 7 heteroatoms. The zero-order valence-electron chi connectivity index (χ0n) is 12.8. The molecule has 5 nitrogen and oxygen atoms in total. The Kier molecular flexibility index (Phi) is 5.44. The van der Waals surface area contributed by atoms with Gasteiger partial charge in [0.2, 0.25) is 0 Å². The molecule has 122 valence electrons. The molecule has 0 aliphatic rings. The predicted octanol–water partition coefficient (Wildman–Crippen LogP) is 3.13. The SMILES string of the molecule is CC(C)CN(CC(=O)O)C(=O)c1cnc(-c2ccccc2F)s1. The van der Waals surface area contributed by atoms with Gasteiger partial charge in [0.15, 0.2) is 0 Å². The Balaban J connectivity index is 2.25.